The molecule has 2 aromatic heterocycles. The molecule has 4 rings (SSSR count). The molecular formula is C16H20N6. The molecule has 0 saturated carbocycles. The quantitative estimate of drug-likeness (QED) is 0.923. The van der Waals surface area contributed by atoms with E-state index in [4.69, 9.17) is 0 Å². The van der Waals surface area contributed by atoms with Gasteiger partial charge in [-0.05, 0) is 31.2 Å². The first kappa shape index (κ1) is 13.6. The minimum Gasteiger partial charge on any atom is -0.309 e. The summed E-state index contributed by atoms with van der Waals surface area (Å²) in [5.74, 6) is 1.35. The van der Waals surface area contributed by atoms with Crippen LogP contribution in [0.15, 0.2) is 36.8 Å². The van der Waals surface area contributed by atoms with E-state index in [0.717, 1.165) is 18.4 Å². The van der Waals surface area contributed by atoms with Crippen LogP contribution in [0, 0.1) is 0 Å². The number of piperazine rings is 1. The molecule has 2 fully saturated rings. The Bertz CT molecular complexity index is 627. The number of likely N-dealkylation sites (N-methyl/N-ethyl adjacent to an activating group) is 1. The highest BCUT2D eigenvalue weighted by Gasteiger charge is 2.40. The van der Waals surface area contributed by atoms with Crippen molar-refractivity contribution in [3.8, 4) is 0 Å². The Kier molecular flexibility index (Phi) is 3.48. The number of rotatable bonds is 4. The van der Waals surface area contributed by atoms with Crippen LogP contribution in [0.5, 0.6) is 0 Å². The number of anilines is 2. The summed E-state index contributed by atoms with van der Waals surface area (Å²) in [6, 6.07) is 7.38. The second-order valence-electron chi connectivity index (χ2n) is 6.16. The van der Waals surface area contributed by atoms with Crippen molar-refractivity contribution in [2.75, 3.05) is 25.5 Å². The van der Waals surface area contributed by atoms with Crippen LogP contribution < -0.4 is 5.32 Å². The molecule has 6 heteroatoms. The van der Waals surface area contributed by atoms with Crippen LogP contribution in [0.4, 0.5) is 11.8 Å². The topological polar surface area (TPSA) is 57.2 Å². The Morgan fingerprint density at radius 1 is 1.14 bits per heavy atom. The van der Waals surface area contributed by atoms with Gasteiger partial charge in [0, 0.05) is 50.3 Å². The monoisotopic (exact) mass is 296 g/mol. The van der Waals surface area contributed by atoms with Crippen molar-refractivity contribution in [3.63, 3.8) is 0 Å². The number of aromatic nitrogens is 3. The Morgan fingerprint density at radius 3 is 2.64 bits per heavy atom. The summed E-state index contributed by atoms with van der Waals surface area (Å²) in [5, 5.41) is 3.10. The fraction of sp³-hybridized carbons (Fsp3) is 0.438. The summed E-state index contributed by atoms with van der Waals surface area (Å²) >= 11 is 0. The molecule has 0 amide bonds. The van der Waals surface area contributed by atoms with Gasteiger partial charge in [0.05, 0.1) is 0 Å². The molecule has 2 aromatic rings. The van der Waals surface area contributed by atoms with E-state index in [0.29, 0.717) is 12.0 Å². The van der Waals surface area contributed by atoms with Gasteiger partial charge in [-0.3, -0.25) is 4.90 Å². The molecule has 0 aliphatic carbocycles. The number of nitrogens with one attached hydrogen (secondary N) is 1. The van der Waals surface area contributed by atoms with E-state index in [1.54, 1.807) is 18.5 Å². The highest BCUT2D eigenvalue weighted by atomic mass is 15.3. The zero-order chi connectivity index (χ0) is 14.9. The first-order chi connectivity index (χ1) is 10.8. The average molecular weight is 296 g/mol. The molecule has 114 valence electrons. The summed E-state index contributed by atoms with van der Waals surface area (Å²) in [7, 11) is 2.23. The lowest BCUT2D eigenvalue weighted by Gasteiger charge is -2.31. The smallest absolute Gasteiger partial charge is 0.228 e. The van der Waals surface area contributed by atoms with Crippen LogP contribution in [-0.2, 0) is 6.54 Å². The zero-order valence-electron chi connectivity index (χ0n) is 12.7. The first-order valence-electron chi connectivity index (χ1n) is 7.71. The third kappa shape index (κ3) is 2.67. The molecule has 0 spiro atoms. The largest absolute Gasteiger partial charge is 0.309 e. The van der Waals surface area contributed by atoms with Gasteiger partial charge in [-0.1, -0.05) is 6.07 Å². The summed E-state index contributed by atoms with van der Waals surface area (Å²) in [5.41, 5.74) is 1.26. The molecule has 6 nitrogen and oxygen atoms in total. The fourth-order valence-corrected chi connectivity index (χ4v) is 3.45. The molecule has 2 saturated heterocycles. The van der Waals surface area contributed by atoms with Crippen molar-refractivity contribution in [1.29, 1.82) is 0 Å². The van der Waals surface area contributed by atoms with Crippen LogP contribution in [0.3, 0.4) is 0 Å². The summed E-state index contributed by atoms with van der Waals surface area (Å²) in [6.45, 7) is 3.37. The number of hydrogen-bond acceptors (Lipinski definition) is 6. The zero-order valence-corrected chi connectivity index (χ0v) is 12.7. The molecule has 0 radical (unpaired) electrons. The Morgan fingerprint density at radius 2 is 2.00 bits per heavy atom. The van der Waals surface area contributed by atoms with Crippen molar-refractivity contribution >= 4 is 11.8 Å². The van der Waals surface area contributed by atoms with Crippen molar-refractivity contribution < 1.29 is 0 Å². The van der Waals surface area contributed by atoms with Crippen molar-refractivity contribution in [2.45, 2.75) is 25.0 Å². The second-order valence-corrected chi connectivity index (χ2v) is 6.16. The van der Waals surface area contributed by atoms with E-state index in [9.17, 15) is 0 Å². The van der Waals surface area contributed by atoms with E-state index < -0.39 is 0 Å². The van der Waals surface area contributed by atoms with Gasteiger partial charge >= 0.3 is 0 Å². The third-order valence-corrected chi connectivity index (χ3v) is 4.64. The van der Waals surface area contributed by atoms with Crippen molar-refractivity contribution in [3.05, 3.63) is 42.4 Å². The molecule has 2 aliphatic heterocycles. The van der Waals surface area contributed by atoms with Gasteiger partial charge in [-0.15, -0.1) is 0 Å². The maximum absolute atomic E-state index is 4.46. The van der Waals surface area contributed by atoms with Crippen molar-refractivity contribution in [2.24, 2.45) is 0 Å². The molecule has 4 heterocycles. The Labute approximate surface area is 130 Å². The van der Waals surface area contributed by atoms with Crippen LogP contribution >= 0.6 is 0 Å². The SMILES string of the molecule is CN1C[C@@H]2C[C@H]1CN2Cc1ccc(Nc2ncccn2)nc1. The molecular weight excluding hydrogens is 276 g/mol. The van der Waals surface area contributed by atoms with E-state index >= 15 is 0 Å². The number of likely N-dealkylation sites (tertiary alicyclic amines) is 2. The summed E-state index contributed by atoms with van der Waals surface area (Å²) < 4.78 is 0. The average Bonchev–Trinajstić information content (AvgIpc) is 3.09. The molecule has 0 unspecified atom stereocenters. The second kappa shape index (κ2) is 5.62. The van der Waals surface area contributed by atoms with E-state index in [1.165, 1.54) is 25.1 Å². The molecule has 0 aromatic carbocycles. The maximum atomic E-state index is 4.46. The van der Waals surface area contributed by atoms with E-state index in [-0.39, 0.29) is 0 Å². The highest BCUT2D eigenvalue weighted by molar-refractivity contribution is 5.47. The normalized spacial score (nSPS) is 24.8. The highest BCUT2D eigenvalue weighted by Crippen LogP contribution is 2.30. The molecule has 2 atom stereocenters. The van der Waals surface area contributed by atoms with Gasteiger partial charge in [-0.25, -0.2) is 15.0 Å². The summed E-state index contributed by atoms with van der Waals surface area (Å²) in [6.07, 6.45) is 6.68. The standard InChI is InChI=1S/C16H20N6/c1-21-10-14-7-13(21)11-22(14)9-12-3-4-15(19-8-12)20-16-17-5-2-6-18-16/h2-6,8,13-14H,7,9-11H2,1H3,(H,17,18,19,20)/t13-,14-/m0/s1. The first-order valence-corrected chi connectivity index (χ1v) is 7.71. The minimum atomic E-state index is 0.572. The molecule has 2 bridgehead atoms. The van der Waals surface area contributed by atoms with Crippen LogP contribution in [-0.4, -0.2) is 57.0 Å². The predicted octanol–water partition coefficient (Wildman–Crippen LogP) is 1.50. The predicted molar refractivity (Wildman–Crippen MR) is 84.8 cm³/mol. The Balaban J connectivity index is 1.38. The van der Waals surface area contributed by atoms with Crippen LogP contribution in [0.1, 0.15) is 12.0 Å². The fourth-order valence-electron chi connectivity index (χ4n) is 3.45. The molecule has 22 heavy (non-hydrogen) atoms. The lowest BCUT2D eigenvalue weighted by molar-refractivity contribution is 0.143. The van der Waals surface area contributed by atoms with E-state index in [2.05, 4.69) is 43.2 Å². The van der Waals surface area contributed by atoms with Crippen LogP contribution in [0.25, 0.3) is 0 Å². The minimum absolute atomic E-state index is 0.572. The van der Waals surface area contributed by atoms with E-state index in [1.807, 2.05) is 12.3 Å². The number of nitrogens with zero attached hydrogens (tertiary/aromatic N) is 5. The summed E-state index contributed by atoms with van der Waals surface area (Å²) in [4.78, 5) is 17.8. The molecule has 1 N–H and O–H groups in total. The van der Waals surface area contributed by atoms with Gasteiger partial charge in [0.15, 0.2) is 0 Å². The van der Waals surface area contributed by atoms with Gasteiger partial charge in [0.25, 0.3) is 0 Å². The van der Waals surface area contributed by atoms with Gasteiger partial charge < -0.3 is 10.2 Å². The number of pyridine rings is 1. The lowest BCUT2D eigenvalue weighted by atomic mass is 10.2. The Hall–Kier alpha value is -2.05. The number of fused-ring (bicyclic) bond motifs is 2. The maximum Gasteiger partial charge on any atom is 0.228 e. The van der Waals surface area contributed by atoms with Gasteiger partial charge in [-0.2, -0.15) is 0 Å². The van der Waals surface area contributed by atoms with Crippen LogP contribution in [0.2, 0.25) is 0 Å². The third-order valence-electron chi connectivity index (χ3n) is 4.64. The molecule has 2 aliphatic rings. The van der Waals surface area contributed by atoms with Gasteiger partial charge in [0.2, 0.25) is 5.95 Å². The van der Waals surface area contributed by atoms with Crippen molar-refractivity contribution in [1.82, 2.24) is 24.8 Å². The lowest BCUT2D eigenvalue weighted by Crippen LogP contribution is -2.43. The number of hydrogen-bond donors (Lipinski definition) is 1. The van der Waals surface area contributed by atoms with Gasteiger partial charge in [0.1, 0.15) is 5.82 Å².